The van der Waals surface area contributed by atoms with Gasteiger partial charge >= 0.3 is 0 Å². The van der Waals surface area contributed by atoms with E-state index >= 15 is 0 Å². The lowest BCUT2D eigenvalue weighted by molar-refractivity contribution is 0.795. The van der Waals surface area contributed by atoms with E-state index in [1.165, 1.54) is 5.56 Å². The Labute approximate surface area is 96.1 Å². The molecule has 2 aromatic heterocycles. The monoisotopic (exact) mass is 215 g/mol. The normalized spacial score (nSPS) is 11.1. The van der Waals surface area contributed by atoms with Crippen LogP contribution in [-0.2, 0) is 0 Å². The van der Waals surface area contributed by atoms with Crippen LogP contribution in [0.5, 0.6) is 0 Å². The number of nitrogens with zero attached hydrogens (tertiary/aromatic N) is 3. The first-order chi connectivity index (χ1) is 7.58. The molecule has 84 valence electrons. The molecule has 0 aromatic carbocycles. The second kappa shape index (κ2) is 4.08. The summed E-state index contributed by atoms with van der Waals surface area (Å²) in [5.74, 6) is 1.40. The molecule has 0 aliphatic rings. The number of pyridine rings is 1. The smallest absolute Gasteiger partial charge is 0.153 e. The average Bonchev–Trinajstić information content (AvgIpc) is 2.58. The molecule has 0 atom stereocenters. The lowest BCUT2D eigenvalue weighted by atomic mass is 10.1. The summed E-state index contributed by atoms with van der Waals surface area (Å²) in [5.41, 5.74) is 3.39. The second-order valence-corrected chi connectivity index (χ2v) is 4.44. The molecule has 2 aromatic rings. The van der Waals surface area contributed by atoms with Gasteiger partial charge in [0.25, 0.3) is 0 Å². The third kappa shape index (κ3) is 1.98. The SMILES string of the molecule is Cc1cc(C)n(-c2ccc(C(C)C)cn2)n1. The van der Waals surface area contributed by atoms with Crippen LogP contribution >= 0.6 is 0 Å². The minimum atomic E-state index is 0.516. The van der Waals surface area contributed by atoms with Gasteiger partial charge in [-0.3, -0.25) is 0 Å². The van der Waals surface area contributed by atoms with Crippen LogP contribution in [0, 0.1) is 13.8 Å². The third-order valence-electron chi connectivity index (χ3n) is 2.66. The second-order valence-electron chi connectivity index (χ2n) is 4.44. The van der Waals surface area contributed by atoms with Gasteiger partial charge in [-0.25, -0.2) is 9.67 Å². The molecular weight excluding hydrogens is 198 g/mol. The largest absolute Gasteiger partial charge is 0.237 e. The van der Waals surface area contributed by atoms with Crippen molar-refractivity contribution < 1.29 is 0 Å². The lowest BCUT2D eigenvalue weighted by Gasteiger charge is -2.07. The lowest BCUT2D eigenvalue weighted by Crippen LogP contribution is -2.02. The van der Waals surface area contributed by atoms with Crippen molar-refractivity contribution in [1.82, 2.24) is 14.8 Å². The molecule has 3 heteroatoms. The average molecular weight is 215 g/mol. The van der Waals surface area contributed by atoms with Crippen molar-refractivity contribution in [3.05, 3.63) is 41.3 Å². The van der Waals surface area contributed by atoms with E-state index in [2.05, 4.69) is 36.1 Å². The molecule has 0 bridgehead atoms. The molecule has 0 radical (unpaired) electrons. The Hall–Kier alpha value is -1.64. The van der Waals surface area contributed by atoms with Crippen molar-refractivity contribution in [2.75, 3.05) is 0 Å². The summed E-state index contributed by atoms with van der Waals surface area (Å²) in [6, 6.07) is 6.19. The molecule has 0 saturated carbocycles. The minimum absolute atomic E-state index is 0.516. The Morgan fingerprint density at radius 2 is 1.94 bits per heavy atom. The van der Waals surface area contributed by atoms with Crippen molar-refractivity contribution in [2.45, 2.75) is 33.6 Å². The van der Waals surface area contributed by atoms with Crippen LogP contribution in [-0.4, -0.2) is 14.8 Å². The number of rotatable bonds is 2. The van der Waals surface area contributed by atoms with E-state index in [-0.39, 0.29) is 0 Å². The molecule has 0 saturated heterocycles. The fraction of sp³-hybridized carbons (Fsp3) is 0.385. The maximum Gasteiger partial charge on any atom is 0.153 e. The van der Waals surface area contributed by atoms with Gasteiger partial charge in [-0.2, -0.15) is 5.10 Å². The zero-order valence-corrected chi connectivity index (χ0v) is 10.2. The van der Waals surface area contributed by atoms with Gasteiger partial charge in [-0.15, -0.1) is 0 Å². The van der Waals surface area contributed by atoms with E-state index in [4.69, 9.17) is 0 Å². The van der Waals surface area contributed by atoms with Gasteiger partial charge in [-0.05, 0) is 37.5 Å². The van der Waals surface area contributed by atoms with E-state index in [1.807, 2.05) is 30.8 Å². The minimum Gasteiger partial charge on any atom is -0.237 e. The Bertz CT molecular complexity index is 480. The molecule has 0 fully saturated rings. The highest BCUT2D eigenvalue weighted by molar-refractivity contribution is 5.28. The number of hydrogen-bond donors (Lipinski definition) is 0. The van der Waals surface area contributed by atoms with E-state index in [0.29, 0.717) is 5.92 Å². The zero-order valence-electron chi connectivity index (χ0n) is 10.2. The van der Waals surface area contributed by atoms with Gasteiger partial charge in [0.15, 0.2) is 5.82 Å². The molecule has 2 heterocycles. The van der Waals surface area contributed by atoms with Crippen LogP contribution in [0.2, 0.25) is 0 Å². The van der Waals surface area contributed by atoms with Crippen LogP contribution in [0.3, 0.4) is 0 Å². The Balaban J connectivity index is 2.38. The van der Waals surface area contributed by atoms with Crippen LogP contribution in [0.4, 0.5) is 0 Å². The fourth-order valence-electron chi connectivity index (χ4n) is 1.73. The number of aromatic nitrogens is 3. The van der Waals surface area contributed by atoms with Crippen molar-refractivity contribution >= 4 is 0 Å². The Morgan fingerprint density at radius 1 is 1.19 bits per heavy atom. The molecule has 0 spiro atoms. The van der Waals surface area contributed by atoms with Gasteiger partial charge in [0.1, 0.15) is 0 Å². The van der Waals surface area contributed by atoms with Gasteiger partial charge in [-0.1, -0.05) is 19.9 Å². The van der Waals surface area contributed by atoms with Crippen molar-refractivity contribution in [2.24, 2.45) is 0 Å². The zero-order chi connectivity index (χ0) is 11.7. The van der Waals surface area contributed by atoms with Crippen molar-refractivity contribution in [3.8, 4) is 5.82 Å². The predicted molar refractivity (Wildman–Crippen MR) is 64.9 cm³/mol. The van der Waals surface area contributed by atoms with E-state index < -0.39 is 0 Å². The molecule has 0 aliphatic heterocycles. The highest BCUT2D eigenvalue weighted by Crippen LogP contribution is 2.15. The molecular formula is C13H17N3. The standard InChI is InChI=1S/C13H17N3/c1-9(2)12-5-6-13(14-8-12)16-11(4)7-10(3)15-16/h5-9H,1-4H3. The maximum absolute atomic E-state index is 4.44. The molecule has 0 amide bonds. The summed E-state index contributed by atoms with van der Waals surface area (Å²) in [5, 5.41) is 4.41. The summed E-state index contributed by atoms with van der Waals surface area (Å²) in [4.78, 5) is 4.44. The summed E-state index contributed by atoms with van der Waals surface area (Å²) in [7, 11) is 0. The van der Waals surface area contributed by atoms with Crippen molar-refractivity contribution in [3.63, 3.8) is 0 Å². The van der Waals surface area contributed by atoms with Crippen LogP contribution < -0.4 is 0 Å². The molecule has 3 nitrogen and oxygen atoms in total. The first kappa shape index (κ1) is 10.9. The quantitative estimate of drug-likeness (QED) is 0.771. The van der Waals surface area contributed by atoms with Crippen molar-refractivity contribution in [1.29, 1.82) is 0 Å². The first-order valence-corrected chi connectivity index (χ1v) is 5.57. The maximum atomic E-state index is 4.44. The van der Waals surface area contributed by atoms with Gasteiger partial charge < -0.3 is 0 Å². The number of aryl methyl sites for hydroxylation is 2. The first-order valence-electron chi connectivity index (χ1n) is 5.57. The van der Waals surface area contributed by atoms with Gasteiger partial charge in [0, 0.05) is 11.9 Å². The highest BCUT2D eigenvalue weighted by atomic mass is 15.3. The molecule has 0 N–H and O–H groups in total. The Morgan fingerprint density at radius 3 is 2.38 bits per heavy atom. The van der Waals surface area contributed by atoms with Crippen LogP contribution in [0.1, 0.15) is 36.7 Å². The molecule has 16 heavy (non-hydrogen) atoms. The third-order valence-corrected chi connectivity index (χ3v) is 2.66. The van der Waals surface area contributed by atoms with Gasteiger partial charge in [0.2, 0.25) is 0 Å². The van der Waals surface area contributed by atoms with E-state index in [9.17, 15) is 0 Å². The number of hydrogen-bond acceptors (Lipinski definition) is 2. The fourth-order valence-corrected chi connectivity index (χ4v) is 1.73. The van der Waals surface area contributed by atoms with Crippen LogP contribution in [0.25, 0.3) is 5.82 Å². The topological polar surface area (TPSA) is 30.7 Å². The van der Waals surface area contributed by atoms with Gasteiger partial charge in [0.05, 0.1) is 5.69 Å². The summed E-state index contributed by atoms with van der Waals surface area (Å²) < 4.78 is 1.87. The highest BCUT2D eigenvalue weighted by Gasteiger charge is 2.05. The van der Waals surface area contributed by atoms with E-state index in [1.54, 1.807) is 0 Å². The molecule has 0 aliphatic carbocycles. The summed E-state index contributed by atoms with van der Waals surface area (Å²) >= 11 is 0. The van der Waals surface area contributed by atoms with Crippen LogP contribution in [0.15, 0.2) is 24.4 Å². The molecule has 0 unspecified atom stereocenters. The predicted octanol–water partition coefficient (Wildman–Crippen LogP) is 3.01. The van der Waals surface area contributed by atoms with E-state index in [0.717, 1.165) is 17.2 Å². The molecule has 2 rings (SSSR count). The summed E-state index contributed by atoms with van der Waals surface area (Å²) in [6.45, 7) is 8.37. The summed E-state index contributed by atoms with van der Waals surface area (Å²) in [6.07, 6.45) is 1.93. The Kier molecular flexibility index (Phi) is 2.77.